The summed E-state index contributed by atoms with van der Waals surface area (Å²) in [4.78, 5) is 20.6. The molecule has 0 radical (unpaired) electrons. The number of nitrogens with zero attached hydrogens (tertiary/aromatic N) is 6. The Morgan fingerprint density at radius 1 is 1.08 bits per heavy atom. The molecule has 5 aromatic heterocycles. The van der Waals surface area contributed by atoms with Crippen molar-refractivity contribution in [3.8, 4) is 11.3 Å². The number of imidazole rings is 1. The summed E-state index contributed by atoms with van der Waals surface area (Å²) < 4.78 is 1.78. The SMILES string of the molecule is Cc1cn2nc(-c3c[nH]c4nc(Nc5ccncc5)ncc34)ccc2n1. The van der Waals surface area contributed by atoms with Crippen LogP contribution < -0.4 is 5.32 Å². The van der Waals surface area contributed by atoms with Crippen LogP contribution in [0.3, 0.4) is 0 Å². The summed E-state index contributed by atoms with van der Waals surface area (Å²) in [5.41, 5.74) is 5.17. The number of hydrogen-bond donors (Lipinski definition) is 2. The maximum absolute atomic E-state index is 4.63. The highest BCUT2D eigenvalue weighted by atomic mass is 15.2. The van der Waals surface area contributed by atoms with Gasteiger partial charge in [0, 0.05) is 41.4 Å². The van der Waals surface area contributed by atoms with E-state index < -0.39 is 0 Å². The Kier molecular flexibility index (Phi) is 3.14. The fourth-order valence-corrected chi connectivity index (χ4v) is 2.89. The van der Waals surface area contributed by atoms with Crippen molar-refractivity contribution in [3.05, 3.63) is 60.9 Å². The average molecular weight is 342 g/mol. The molecule has 0 bridgehead atoms. The Bertz CT molecular complexity index is 1220. The molecule has 5 aromatic rings. The van der Waals surface area contributed by atoms with Crippen LogP contribution in [0.15, 0.2) is 55.2 Å². The predicted octanol–water partition coefficient (Wildman–Crippen LogP) is 3.11. The standard InChI is InChI=1S/C18H14N8/c1-11-10-26-16(22-11)3-2-15(25-26)13-8-20-17-14(13)9-21-18(24-17)23-12-4-6-19-7-5-12/h2-10H,1H3,(H2,19,20,21,23,24). The second kappa shape index (κ2) is 5.62. The summed E-state index contributed by atoms with van der Waals surface area (Å²) in [6.45, 7) is 1.95. The van der Waals surface area contributed by atoms with Crippen molar-refractivity contribution >= 4 is 28.3 Å². The van der Waals surface area contributed by atoms with Crippen LogP contribution in [0.1, 0.15) is 5.69 Å². The van der Waals surface area contributed by atoms with Gasteiger partial charge in [0.05, 0.1) is 17.6 Å². The van der Waals surface area contributed by atoms with Crippen LogP contribution in [-0.4, -0.2) is 34.5 Å². The normalized spacial score (nSPS) is 11.3. The van der Waals surface area contributed by atoms with Gasteiger partial charge in [0.1, 0.15) is 5.65 Å². The number of anilines is 2. The molecule has 8 heteroatoms. The summed E-state index contributed by atoms with van der Waals surface area (Å²) in [5.74, 6) is 0.519. The number of aromatic amines is 1. The Balaban J connectivity index is 1.54. The van der Waals surface area contributed by atoms with Crippen LogP contribution in [0.4, 0.5) is 11.6 Å². The molecule has 0 aromatic carbocycles. The van der Waals surface area contributed by atoms with E-state index in [1.165, 1.54) is 0 Å². The van der Waals surface area contributed by atoms with E-state index in [4.69, 9.17) is 0 Å². The zero-order valence-electron chi connectivity index (χ0n) is 13.9. The zero-order chi connectivity index (χ0) is 17.5. The number of aromatic nitrogens is 7. The lowest BCUT2D eigenvalue weighted by atomic mass is 10.2. The van der Waals surface area contributed by atoms with Gasteiger partial charge in [-0.2, -0.15) is 10.1 Å². The quantitative estimate of drug-likeness (QED) is 0.523. The molecule has 5 rings (SSSR count). The largest absolute Gasteiger partial charge is 0.345 e. The van der Waals surface area contributed by atoms with Crippen LogP contribution in [-0.2, 0) is 0 Å². The average Bonchev–Trinajstić information content (AvgIpc) is 3.23. The second-order valence-corrected chi connectivity index (χ2v) is 5.92. The molecule has 0 saturated carbocycles. The molecule has 0 aliphatic carbocycles. The number of nitrogens with one attached hydrogen (secondary N) is 2. The van der Waals surface area contributed by atoms with Crippen molar-refractivity contribution in [2.24, 2.45) is 0 Å². The highest BCUT2D eigenvalue weighted by Gasteiger charge is 2.11. The highest BCUT2D eigenvalue weighted by Crippen LogP contribution is 2.27. The molecule has 5 heterocycles. The first-order valence-electron chi connectivity index (χ1n) is 8.11. The minimum atomic E-state index is 0.519. The molecule has 26 heavy (non-hydrogen) atoms. The van der Waals surface area contributed by atoms with E-state index in [9.17, 15) is 0 Å². The minimum Gasteiger partial charge on any atom is -0.345 e. The van der Waals surface area contributed by atoms with Crippen LogP contribution in [0, 0.1) is 6.92 Å². The molecule has 0 amide bonds. The third-order valence-corrected chi connectivity index (χ3v) is 4.09. The van der Waals surface area contributed by atoms with Crippen LogP contribution in [0.5, 0.6) is 0 Å². The van der Waals surface area contributed by atoms with Gasteiger partial charge in [-0.25, -0.2) is 14.5 Å². The van der Waals surface area contributed by atoms with Crippen molar-refractivity contribution < 1.29 is 0 Å². The molecule has 0 unspecified atom stereocenters. The first-order valence-corrected chi connectivity index (χ1v) is 8.11. The molecule has 0 spiro atoms. The molecule has 0 saturated heterocycles. The van der Waals surface area contributed by atoms with E-state index in [0.717, 1.165) is 39.3 Å². The molecule has 0 fully saturated rings. The van der Waals surface area contributed by atoms with Crippen LogP contribution in [0.25, 0.3) is 27.9 Å². The smallest absolute Gasteiger partial charge is 0.229 e. The maximum atomic E-state index is 4.63. The Morgan fingerprint density at radius 2 is 1.96 bits per heavy atom. The molecule has 8 nitrogen and oxygen atoms in total. The topological polar surface area (TPSA) is 96.7 Å². The third kappa shape index (κ3) is 2.44. The molecule has 0 atom stereocenters. The van der Waals surface area contributed by atoms with Crippen molar-refractivity contribution in [1.29, 1.82) is 0 Å². The lowest BCUT2D eigenvalue weighted by molar-refractivity contribution is 0.941. The molecule has 0 aliphatic rings. The van der Waals surface area contributed by atoms with Gasteiger partial charge in [-0.3, -0.25) is 4.98 Å². The molecule has 2 N–H and O–H groups in total. The van der Waals surface area contributed by atoms with Gasteiger partial charge in [0.25, 0.3) is 0 Å². The number of pyridine rings is 1. The Morgan fingerprint density at radius 3 is 2.85 bits per heavy atom. The van der Waals surface area contributed by atoms with Crippen LogP contribution in [0.2, 0.25) is 0 Å². The number of fused-ring (bicyclic) bond motifs is 2. The van der Waals surface area contributed by atoms with Gasteiger partial charge in [-0.15, -0.1) is 0 Å². The van der Waals surface area contributed by atoms with E-state index >= 15 is 0 Å². The monoisotopic (exact) mass is 342 g/mol. The fourth-order valence-electron chi connectivity index (χ4n) is 2.89. The van der Waals surface area contributed by atoms with Gasteiger partial charge in [0.2, 0.25) is 5.95 Å². The van der Waals surface area contributed by atoms with Crippen molar-refractivity contribution in [2.75, 3.05) is 5.32 Å². The lowest BCUT2D eigenvalue weighted by Crippen LogP contribution is -1.97. The molecular weight excluding hydrogens is 328 g/mol. The van der Waals surface area contributed by atoms with Crippen molar-refractivity contribution in [3.63, 3.8) is 0 Å². The fraction of sp³-hybridized carbons (Fsp3) is 0.0556. The van der Waals surface area contributed by atoms with Gasteiger partial charge in [-0.05, 0) is 31.2 Å². The zero-order valence-corrected chi connectivity index (χ0v) is 13.9. The van der Waals surface area contributed by atoms with E-state index in [0.29, 0.717) is 5.95 Å². The van der Waals surface area contributed by atoms with E-state index in [-0.39, 0.29) is 0 Å². The first kappa shape index (κ1) is 14.5. The molecule has 126 valence electrons. The summed E-state index contributed by atoms with van der Waals surface area (Å²) in [7, 11) is 0. The van der Waals surface area contributed by atoms with E-state index in [1.807, 2.05) is 43.6 Å². The van der Waals surface area contributed by atoms with Crippen LogP contribution >= 0.6 is 0 Å². The Hall–Kier alpha value is -3.81. The van der Waals surface area contributed by atoms with Gasteiger partial charge < -0.3 is 10.3 Å². The third-order valence-electron chi connectivity index (χ3n) is 4.09. The maximum Gasteiger partial charge on any atom is 0.229 e. The summed E-state index contributed by atoms with van der Waals surface area (Å²) in [5, 5.41) is 8.71. The molecule has 0 aliphatic heterocycles. The minimum absolute atomic E-state index is 0.519. The first-order chi connectivity index (χ1) is 12.8. The second-order valence-electron chi connectivity index (χ2n) is 5.92. The van der Waals surface area contributed by atoms with Crippen molar-refractivity contribution in [1.82, 2.24) is 34.5 Å². The highest BCUT2D eigenvalue weighted by molar-refractivity contribution is 5.92. The van der Waals surface area contributed by atoms with Crippen molar-refractivity contribution in [2.45, 2.75) is 6.92 Å². The van der Waals surface area contributed by atoms with Gasteiger partial charge in [0.15, 0.2) is 5.65 Å². The summed E-state index contributed by atoms with van der Waals surface area (Å²) in [6.07, 6.45) is 9.03. The lowest BCUT2D eigenvalue weighted by Gasteiger charge is -2.04. The summed E-state index contributed by atoms with van der Waals surface area (Å²) >= 11 is 0. The predicted molar refractivity (Wildman–Crippen MR) is 98.1 cm³/mol. The van der Waals surface area contributed by atoms with Gasteiger partial charge >= 0.3 is 0 Å². The number of aryl methyl sites for hydroxylation is 1. The number of rotatable bonds is 3. The molecular formula is C18H14N8. The van der Waals surface area contributed by atoms with E-state index in [2.05, 4.69) is 35.3 Å². The van der Waals surface area contributed by atoms with Gasteiger partial charge in [-0.1, -0.05) is 0 Å². The van der Waals surface area contributed by atoms with E-state index in [1.54, 1.807) is 23.1 Å². The Labute approximate surface area is 148 Å². The number of hydrogen-bond acceptors (Lipinski definition) is 6. The summed E-state index contributed by atoms with van der Waals surface area (Å²) in [6, 6.07) is 7.63. The number of H-pyrrole nitrogens is 1.